The molecule has 4 nitrogen and oxygen atoms in total. The molecule has 0 bridgehead atoms. The normalized spacial score (nSPS) is 13.0. The minimum Gasteiger partial charge on any atom is -0.397 e. The van der Waals surface area contributed by atoms with E-state index < -0.39 is 5.82 Å². The molecule has 3 rings (SSSR count). The molecule has 0 radical (unpaired) electrons. The Hall–Kier alpha value is -2.27. The number of anilines is 4. The molecule has 20 heavy (non-hydrogen) atoms. The summed E-state index contributed by atoms with van der Waals surface area (Å²) in [5, 5.41) is 5.64. The first-order valence-electron chi connectivity index (χ1n) is 5.98. The molecule has 0 atom stereocenters. The molecule has 0 aliphatic carbocycles. The minimum atomic E-state index is -0.543. The molecule has 2 aromatic rings. The van der Waals surface area contributed by atoms with Gasteiger partial charge in [0.1, 0.15) is 0 Å². The van der Waals surface area contributed by atoms with Crippen LogP contribution in [0.3, 0.4) is 0 Å². The van der Waals surface area contributed by atoms with Crippen molar-refractivity contribution in [3.63, 3.8) is 0 Å². The predicted octanol–water partition coefficient (Wildman–Crippen LogP) is 3.30. The number of nitrogen functional groups attached to an aromatic ring is 1. The van der Waals surface area contributed by atoms with Crippen molar-refractivity contribution < 1.29 is 9.18 Å². The third-order valence-corrected chi connectivity index (χ3v) is 3.41. The summed E-state index contributed by atoms with van der Waals surface area (Å²) < 4.78 is 13.9. The van der Waals surface area contributed by atoms with Gasteiger partial charge < -0.3 is 16.4 Å². The molecule has 0 unspecified atom stereocenters. The number of fused-ring (bicyclic) bond motifs is 1. The monoisotopic (exact) mass is 291 g/mol. The number of carbonyl (C=O) groups excluding carboxylic acids is 1. The van der Waals surface area contributed by atoms with Crippen molar-refractivity contribution in [2.75, 3.05) is 16.4 Å². The summed E-state index contributed by atoms with van der Waals surface area (Å²) >= 11 is 5.73. The number of hydrogen-bond acceptors (Lipinski definition) is 3. The Morgan fingerprint density at radius 2 is 2.10 bits per heavy atom. The minimum absolute atomic E-state index is 0.0306. The average Bonchev–Trinajstić information content (AvgIpc) is 2.74. The number of benzene rings is 2. The fourth-order valence-corrected chi connectivity index (χ4v) is 2.32. The number of hydrogen-bond donors (Lipinski definition) is 3. The molecule has 1 heterocycles. The summed E-state index contributed by atoms with van der Waals surface area (Å²) in [5.74, 6) is -0.622. The molecule has 0 saturated carbocycles. The molecule has 0 spiro atoms. The predicted molar refractivity (Wildman–Crippen MR) is 77.9 cm³/mol. The van der Waals surface area contributed by atoms with Crippen LogP contribution in [0.1, 0.15) is 5.56 Å². The smallest absolute Gasteiger partial charge is 0.228 e. The van der Waals surface area contributed by atoms with Crippen LogP contribution in [-0.2, 0) is 11.2 Å². The lowest BCUT2D eigenvalue weighted by atomic mass is 10.1. The van der Waals surface area contributed by atoms with Gasteiger partial charge in [0.15, 0.2) is 5.82 Å². The summed E-state index contributed by atoms with van der Waals surface area (Å²) in [7, 11) is 0. The summed E-state index contributed by atoms with van der Waals surface area (Å²) in [6, 6.07) is 8.06. The average molecular weight is 292 g/mol. The van der Waals surface area contributed by atoms with Crippen LogP contribution in [0, 0.1) is 5.82 Å². The number of amides is 1. The van der Waals surface area contributed by atoms with Crippen molar-refractivity contribution in [3.05, 3.63) is 46.7 Å². The molecule has 0 saturated heterocycles. The summed E-state index contributed by atoms with van der Waals surface area (Å²) in [6.45, 7) is 0. The van der Waals surface area contributed by atoms with Crippen molar-refractivity contribution in [2.24, 2.45) is 0 Å². The van der Waals surface area contributed by atoms with Crippen molar-refractivity contribution in [1.29, 1.82) is 0 Å². The first kappa shape index (κ1) is 12.7. The third-order valence-electron chi connectivity index (χ3n) is 3.12. The van der Waals surface area contributed by atoms with E-state index in [-0.39, 0.29) is 16.6 Å². The zero-order chi connectivity index (χ0) is 14.3. The van der Waals surface area contributed by atoms with E-state index in [2.05, 4.69) is 10.6 Å². The molecular formula is C14H11ClFN3O. The zero-order valence-electron chi connectivity index (χ0n) is 10.3. The van der Waals surface area contributed by atoms with Gasteiger partial charge in [0.25, 0.3) is 0 Å². The lowest BCUT2D eigenvalue weighted by Gasteiger charge is -2.12. The van der Waals surface area contributed by atoms with E-state index in [1.807, 2.05) is 0 Å². The summed E-state index contributed by atoms with van der Waals surface area (Å²) in [5.41, 5.74) is 8.64. The second-order valence-electron chi connectivity index (χ2n) is 4.55. The van der Waals surface area contributed by atoms with Gasteiger partial charge in [0.05, 0.1) is 28.5 Å². The fraction of sp³-hybridized carbons (Fsp3) is 0.0714. The van der Waals surface area contributed by atoms with Crippen molar-refractivity contribution >= 4 is 40.3 Å². The van der Waals surface area contributed by atoms with E-state index in [0.717, 1.165) is 5.56 Å². The Balaban J connectivity index is 1.98. The Kier molecular flexibility index (Phi) is 2.99. The first-order valence-corrected chi connectivity index (χ1v) is 6.35. The number of nitrogens with one attached hydrogen (secondary N) is 2. The maximum absolute atomic E-state index is 13.9. The van der Waals surface area contributed by atoms with Gasteiger partial charge >= 0.3 is 0 Å². The maximum atomic E-state index is 13.9. The maximum Gasteiger partial charge on any atom is 0.228 e. The van der Waals surface area contributed by atoms with Gasteiger partial charge in [-0.25, -0.2) is 4.39 Å². The van der Waals surface area contributed by atoms with Gasteiger partial charge in [0.2, 0.25) is 5.91 Å². The molecule has 0 fully saturated rings. The lowest BCUT2D eigenvalue weighted by molar-refractivity contribution is -0.115. The Morgan fingerprint density at radius 1 is 1.30 bits per heavy atom. The molecule has 6 heteroatoms. The molecule has 0 aromatic heterocycles. The van der Waals surface area contributed by atoms with E-state index in [4.69, 9.17) is 17.3 Å². The Labute approximate surface area is 119 Å². The van der Waals surface area contributed by atoms with Crippen molar-refractivity contribution in [2.45, 2.75) is 6.42 Å². The quantitative estimate of drug-likeness (QED) is 0.744. The van der Waals surface area contributed by atoms with Crippen molar-refractivity contribution in [1.82, 2.24) is 0 Å². The highest BCUT2D eigenvalue weighted by Crippen LogP contribution is 2.34. The van der Waals surface area contributed by atoms with Gasteiger partial charge in [-0.2, -0.15) is 0 Å². The first-order chi connectivity index (χ1) is 9.54. The van der Waals surface area contributed by atoms with Gasteiger partial charge in [0, 0.05) is 5.69 Å². The second-order valence-corrected chi connectivity index (χ2v) is 4.96. The van der Waals surface area contributed by atoms with E-state index >= 15 is 0 Å². The molecule has 1 amide bonds. The summed E-state index contributed by atoms with van der Waals surface area (Å²) in [6.07, 6.45) is 0.311. The van der Waals surface area contributed by atoms with Gasteiger partial charge in [-0.1, -0.05) is 17.7 Å². The van der Waals surface area contributed by atoms with Gasteiger partial charge in [-0.05, 0) is 29.8 Å². The lowest BCUT2D eigenvalue weighted by Crippen LogP contribution is -2.03. The van der Waals surface area contributed by atoms with Crippen LogP contribution in [0.2, 0.25) is 5.02 Å². The van der Waals surface area contributed by atoms with Crippen molar-refractivity contribution in [3.8, 4) is 0 Å². The van der Waals surface area contributed by atoms with Crippen LogP contribution in [0.15, 0.2) is 30.3 Å². The van der Waals surface area contributed by atoms with Crippen LogP contribution in [0.5, 0.6) is 0 Å². The standard InChI is InChI=1S/C14H11ClFN3O/c15-8-2-1-3-10(14(8)16)18-12-6-11-7(4-9(12)17)5-13(20)19-11/h1-4,6,18H,5,17H2,(H,19,20). The van der Waals surface area contributed by atoms with Gasteiger partial charge in [-0.3, -0.25) is 4.79 Å². The largest absolute Gasteiger partial charge is 0.397 e. The van der Waals surface area contributed by atoms with Crippen LogP contribution in [0.4, 0.5) is 27.1 Å². The molecule has 1 aliphatic heterocycles. The van der Waals surface area contributed by atoms with E-state index in [1.54, 1.807) is 24.3 Å². The van der Waals surface area contributed by atoms with E-state index in [9.17, 15) is 9.18 Å². The third kappa shape index (κ3) is 2.16. The highest BCUT2D eigenvalue weighted by molar-refractivity contribution is 6.31. The SMILES string of the molecule is Nc1cc2c(cc1Nc1cccc(Cl)c1F)NC(=O)C2. The van der Waals surface area contributed by atoms with Crippen LogP contribution in [-0.4, -0.2) is 5.91 Å². The molecule has 4 N–H and O–H groups in total. The molecule has 102 valence electrons. The number of rotatable bonds is 2. The van der Waals surface area contributed by atoms with Crippen LogP contribution >= 0.6 is 11.6 Å². The highest BCUT2D eigenvalue weighted by Gasteiger charge is 2.19. The number of carbonyl (C=O) groups is 1. The second kappa shape index (κ2) is 4.68. The molecule has 1 aliphatic rings. The zero-order valence-corrected chi connectivity index (χ0v) is 11.1. The topological polar surface area (TPSA) is 67.2 Å². The Morgan fingerprint density at radius 3 is 2.90 bits per heavy atom. The van der Waals surface area contributed by atoms with Crippen LogP contribution < -0.4 is 16.4 Å². The number of nitrogens with two attached hydrogens (primary N) is 1. The molecular weight excluding hydrogens is 281 g/mol. The van der Waals surface area contributed by atoms with Crippen LogP contribution in [0.25, 0.3) is 0 Å². The number of halogens is 2. The summed E-state index contributed by atoms with van der Waals surface area (Å²) in [4.78, 5) is 11.3. The molecule has 2 aromatic carbocycles. The van der Waals surface area contributed by atoms with Gasteiger partial charge in [-0.15, -0.1) is 0 Å². The fourth-order valence-electron chi connectivity index (χ4n) is 2.15. The highest BCUT2D eigenvalue weighted by atomic mass is 35.5. The van der Waals surface area contributed by atoms with E-state index in [0.29, 0.717) is 23.5 Å². The van der Waals surface area contributed by atoms with E-state index in [1.165, 1.54) is 6.07 Å². The Bertz CT molecular complexity index is 718.